The average molecular weight is 452 g/mol. The fourth-order valence-electron chi connectivity index (χ4n) is 4.05. The van der Waals surface area contributed by atoms with Crippen LogP contribution in [0.5, 0.6) is 5.75 Å². The van der Waals surface area contributed by atoms with E-state index in [1.165, 1.54) is 0 Å². The highest BCUT2D eigenvalue weighted by molar-refractivity contribution is 6.08. The van der Waals surface area contributed by atoms with E-state index in [0.29, 0.717) is 12.2 Å². The van der Waals surface area contributed by atoms with E-state index in [-0.39, 0.29) is 6.54 Å². The Balaban J connectivity index is 1.21. The normalized spacial score (nSPS) is 21.7. The van der Waals surface area contributed by atoms with Gasteiger partial charge in [-0.25, -0.2) is 4.79 Å². The summed E-state index contributed by atoms with van der Waals surface area (Å²) < 4.78 is 5.75. The molecule has 2 N–H and O–H groups in total. The van der Waals surface area contributed by atoms with Crippen LogP contribution < -0.4 is 15.5 Å². The highest BCUT2D eigenvalue weighted by Crippen LogP contribution is 2.27. The second-order valence-corrected chi connectivity index (χ2v) is 8.38. The van der Waals surface area contributed by atoms with Crippen LogP contribution in [0.4, 0.5) is 4.79 Å². The molecule has 9 heteroatoms. The van der Waals surface area contributed by atoms with Gasteiger partial charge in [-0.05, 0) is 24.6 Å². The van der Waals surface area contributed by atoms with Gasteiger partial charge in [0.15, 0.2) is 0 Å². The van der Waals surface area contributed by atoms with Crippen LogP contribution in [-0.4, -0.2) is 78.5 Å². The molecule has 0 aromatic heterocycles. The van der Waals surface area contributed by atoms with Crippen LogP contribution in [-0.2, 0) is 15.1 Å². The Morgan fingerprint density at radius 3 is 2.24 bits per heavy atom. The number of nitrogens with one attached hydrogen (secondary N) is 2. The summed E-state index contributed by atoms with van der Waals surface area (Å²) in [5, 5.41) is 3.47. The first-order valence-electron chi connectivity index (χ1n) is 11.1. The third-order valence-electron chi connectivity index (χ3n) is 6.03. The van der Waals surface area contributed by atoms with Crippen molar-refractivity contribution in [2.24, 2.45) is 0 Å². The van der Waals surface area contributed by atoms with Gasteiger partial charge in [-0.2, -0.15) is 5.01 Å². The van der Waals surface area contributed by atoms with E-state index >= 15 is 0 Å². The van der Waals surface area contributed by atoms with Gasteiger partial charge in [0.05, 0.1) is 6.54 Å². The van der Waals surface area contributed by atoms with Crippen LogP contribution >= 0.6 is 0 Å². The second-order valence-electron chi connectivity index (χ2n) is 8.38. The average Bonchev–Trinajstić information content (AvgIpc) is 3.05. The molecule has 2 fully saturated rings. The Morgan fingerprint density at radius 2 is 1.58 bits per heavy atom. The van der Waals surface area contributed by atoms with Crippen molar-refractivity contribution in [2.75, 3.05) is 45.9 Å². The molecule has 2 heterocycles. The number of amides is 4. The first-order chi connectivity index (χ1) is 16.0. The Labute approximate surface area is 193 Å². The molecule has 0 spiro atoms. The number of imide groups is 1. The lowest BCUT2D eigenvalue weighted by atomic mass is 9.92. The number of carbonyl (C=O) groups excluding carboxylic acids is 3. The highest BCUT2D eigenvalue weighted by Gasteiger charge is 2.50. The predicted octanol–water partition coefficient (Wildman–Crippen LogP) is 1.18. The van der Waals surface area contributed by atoms with Crippen molar-refractivity contribution >= 4 is 17.8 Å². The number of hydrazine groups is 1. The van der Waals surface area contributed by atoms with Crippen molar-refractivity contribution < 1.29 is 19.1 Å². The zero-order valence-electron chi connectivity index (χ0n) is 18.7. The maximum atomic E-state index is 12.9. The fourth-order valence-corrected chi connectivity index (χ4v) is 4.05. The number of para-hydroxylation sites is 1. The second kappa shape index (κ2) is 10.0. The van der Waals surface area contributed by atoms with Crippen LogP contribution in [0.1, 0.15) is 12.5 Å². The number of rotatable bonds is 8. The summed E-state index contributed by atoms with van der Waals surface area (Å²) in [6.07, 6.45) is 0. The maximum Gasteiger partial charge on any atom is 0.344 e. The number of ether oxygens (including phenoxy) is 1. The van der Waals surface area contributed by atoms with Gasteiger partial charge in [0.1, 0.15) is 17.9 Å². The molecule has 0 aliphatic carbocycles. The SMILES string of the molecule is C[C@]1(c2ccccc2)NC(=O)N(NC(=O)CN2CCN(CCOc3ccccc3)CC2)C1=O. The number of urea groups is 1. The third kappa shape index (κ3) is 5.32. The molecule has 2 aromatic rings. The van der Waals surface area contributed by atoms with Crippen LogP contribution in [0.25, 0.3) is 0 Å². The van der Waals surface area contributed by atoms with Gasteiger partial charge in [-0.1, -0.05) is 48.5 Å². The monoisotopic (exact) mass is 451 g/mol. The van der Waals surface area contributed by atoms with Crippen molar-refractivity contribution in [2.45, 2.75) is 12.5 Å². The minimum Gasteiger partial charge on any atom is -0.492 e. The van der Waals surface area contributed by atoms with Crippen LogP contribution in [0.15, 0.2) is 60.7 Å². The summed E-state index contributed by atoms with van der Waals surface area (Å²) in [6.45, 7) is 6.26. The lowest BCUT2D eigenvalue weighted by Gasteiger charge is -2.34. The Morgan fingerprint density at radius 1 is 0.970 bits per heavy atom. The molecule has 4 amide bonds. The molecule has 0 saturated carbocycles. The standard InChI is InChI=1S/C24H29N5O4/c1-24(19-8-4-2-5-9-19)22(31)29(23(32)25-24)26-21(30)18-28-14-12-27(13-15-28)16-17-33-20-10-6-3-7-11-20/h2-11H,12-18H2,1H3,(H,25,32)(H,26,30)/t24-/m1/s1. The number of nitrogens with zero attached hydrogens (tertiary/aromatic N) is 3. The van der Waals surface area contributed by atoms with Crippen molar-refractivity contribution in [3.05, 3.63) is 66.2 Å². The minimum atomic E-state index is -1.21. The fraction of sp³-hybridized carbons (Fsp3) is 0.375. The molecule has 174 valence electrons. The molecule has 0 bridgehead atoms. The number of hydrogen-bond acceptors (Lipinski definition) is 6. The van der Waals surface area contributed by atoms with Gasteiger partial charge < -0.3 is 10.1 Å². The van der Waals surface area contributed by atoms with E-state index in [9.17, 15) is 14.4 Å². The highest BCUT2D eigenvalue weighted by atomic mass is 16.5. The Bertz CT molecular complexity index is 979. The van der Waals surface area contributed by atoms with E-state index < -0.39 is 23.4 Å². The number of carbonyl (C=O) groups is 3. The minimum absolute atomic E-state index is 0.119. The van der Waals surface area contributed by atoms with Gasteiger partial charge in [-0.3, -0.25) is 24.8 Å². The van der Waals surface area contributed by atoms with Crippen LogP contribution in [0.2, 0.25) is 0 Å². The smallest absolute Gasteiger partial charge is 0.344 e. The van der Waals surface area contributed by atoms with Crippen LogP contribution in [0.3, 0.4) is 0 Å². The molecule has 9 nitrogen and oxygen atoms in total. The predicted molar refractivity (Wildman–Crippen MR) is 122 cm³/mol. The van der Waals surface area contributed by atoms with Gasteiger partial charge in [0.2, 0.25) is 0 Å². The Hall–Kier alpha value is -3.43. The quantitative estimate of drug-likeness (QED) is 0.586. The molecular weight excluding hydrogens is 422 g/mol. The molecular formula is C24H29N5O4. The largest absolute Gasteiger partial charge is 0.492 e. The molecule has 0 radical (unpaired) electrons. The summed E-state index contributed by atoms with van der Waals surface area (Å²) in [5.74, 6) is -0.0383. The van der Waals surface area contributed by atoms with Crippen molar-refractivity contribution in [1.82, 2.24) is 25.6 Å². The van der Waals surface area contributed by atoms with E-state index in [2.05, 4.69) is 15.6 Å². The van der Waals surface area contributed by atoms with Gasteiger partial charge in [-0.15, -0.1) is 0 Å². The molecule has 1 atom stereocenters. The van der Waals surface area contributed by atoms with Gasteiger partial charge in [0, 0.05) is 32.7 Å². The van der Waals surface area contributed by atoms with Crippen molar-refractivity contribution in [1.29, 1.82) is 0 Å². The Kier molecular flexibility index (Phi) is 6.90. The van der Waals surface area contributed by atoms with Crippen LogP contribution in [0, 0.1) is 0 Å². The van der Waals surface area contributed by atoms with Crippen molar-refractivity contribution in [3.63, 3.8) is 0 Å². The summed E-state index contributed by atoms with van der Waals surface area (Å²) in [7, 11) is 0. The molecule has 33 heavy (non-hydrogen) atoms. The van der Waals surface area contributed by atoms with E-state index in [1.807, 2.05) is 41.3 Å². The summed E-state index contributed by atoms with van der Waals surface area (Å²) >= 11 is 0. The molecule has 0 unspecified atom stereocenters. The summed E-state index contributed by atoms with van der Waals surface area (Å²) in [4.78, 5) is 42.2. The zero-order chi connectivity index (χ0) is 23.3. The van der Waals surface area contributed by atoms with Crippen molar-refractivity contribution in [3.8, 4) is 5.75 Å². The summed E-state index contributed by atoms with van der Waals surface area (Å²) in [6, 6.07) is 18.1. The summed E-state index contributed by atoms with van der Waals surface area (Å²) in [5.41, 5.74) is 1.92. The number of hydrogen-bond donors (Lipinski definition) is 2. The van der Waals surface area contributed by atoms with E-state index in [4.69, 9.17) is 4.74 Å². The topological polar surface area (TPSA) is 94.2 Å². The first-order valence-corrected chi connectivity index (χ1v) is 11.1. The van der Waals surface area contributed by atoms with E-state index in [1.54, 1.807) is 31.2 Å². The molecule has 2 aliphatic rings. The molecule has 2 aromatic carbocycles. The third-order valence-corrected chi connectivity index (χ3v) is 6.03. The van der Waals surface area contributed by atoms with Gasteiger partial charge in [0.25, 0.3) is 11.8 Å². The molecule has 4 rings (SSSR count). The zero-order valence-corrected chi connectivity index (χ0v) is 18.7. The van der Waals surface area contributed by atoms with E-state index in [0.717, 1.165) is 43.5 Å². The first kappa shape index (κ1) is 22.8. The molecule has 2 saturated heterocycles. The lowest BCUT2D eigenvalue weighted by molar-refractivity contribution is -0.139. The number of piperazine rings is 1. The molecule has 2 aliphatic heterocycles. The number of benzene rings is 2. The maximum absolute atomic E-state index is 12.9. The van der Waals surface area contributed by atoms with Gasteiger partial charge >= 0.3 is 6.03 Å². The lowest BCUT2D eigenvalue weighted by Crippen LogP contribution is -2.54.